The SMILES string of the molecule is Cc1ccc(S(=O)(=O)N2CC(Oc3cc(C)n(C4CC4)c(=O)c3)C2)cc1Cl. The summed E-state index contributed by atoms with van der Waals surface area (Å²) >= 11 is 6.05. The summed E-state index contributed by atoms with van der Waals surface area (Å²) in [7, 11) is -3.59. The Bertz CT molecular complexity index is 1050. The van der Waals surface area contributed by atoms with Crippen LogP contribution in [0.3, 0.4) is 0 Å². The minimum Gasteiger partial charge on any atom is -0.487 e. The molecule has 2 aromatic rings. The predicted molar refractivity (Wildman–Crippen MR) is 103 cm³/mol. The minimum atomic E-state index is -3.59. The van der Waals surface area contributed by atoms with E-state index in [9.17, 15) is 13.2 Å². The molecule has 1 aliphatic carbocycles. The molecule has 1 saturated heterocycles. The zero-order valence-corrected chi connectivity index (χ0v) is 16.8. The van der Waals surface area contributed by atoms with Crippen LogP contribution in [0, 0.1) is 13.8 Å². The van der Waals surface area contributed by atoms with Crippen LogP contribution in [-0.4, -0.2) is 36.5 Å². The van der Waals surface area contributed by atoms with Crippen LogP contribution in [-0.2, 0) is 10.0 Å². The summed E-state index contributed by atoms with van der Waals surface area (Å²) in [5, 5.41) is 0.427. The summed E-state index contributed by atoms with van der Waals surface area (Å²) < 4.78 is 34.3. The molecular weight excluding hydrogens is 388 g/mol. The van der Waals surface area contributed by atoms with Crippen LogP contribution in [0.15, 0.2) is 40.0 Å². The van der Waals surface area contributed by atoms with Crippen molar-refractivity contribution in [1.29, 1.82) is 0 Å². The average molecular weight is 409 g/mol. The summed E-state index contributed by atoms with van der Waals surface area (Å²) in [5.41, 5.74) is 1.64. The van der Waals surface area contributed by atoms with Crippen molar-refractivity contribution in [2.24, 2.45) is 0 Å². The first-order valence-corrected chi connectivity index (χ1v) is 10.7. The van der Waals surface area contributed by atoms with E-state index in [1.54, 1.807) is 16.7 Å². The Balaban J connectivity index is 1.43. The molecule has 8 heteroatoms. The van der Waals surface area contributed by atoms with Gasteiger partial charge in [-0.15, -0.1) is 0 Å². The second-order valence-corrected chi connectivity index (χ2v) is 9.59. The Morgan fingerprint density at radius 3 is 2.41 bits per heavy atom. The highest BCUT2D eigenvalue weighted by atomic mass is 35.5. The third-order valence-corrected chi connectivity index (χ3v) is 7.28. The minimum absolute atomic E-state index is 0.0643. The first-order valence-electron chi connectivity index (χ1n) is 8.92. The van der Waals surface area contributed by atoms with E-state index in [1.807, 2.05) is 19.9 Å². The maximum atomic E-state index is 12.7. The number of pyridine rings is 1. The van der Waals surface area contributed by atoms with E-state index >= 15 is 0 Å². The highest BCUT2D eigenvalue weighted by Crippen LogP contribution is 2.35. The summed E-state index contributed by atoms with van der Waals surface area (Å²) in [6.45, 7) is 4.22. The van der Waals surface area contributed by atoms with E-state index in [0.29, 0.717) is 16.8 Å². The molecule has 2 aliphatic rings. The number of aryl methyl sites for hydroxylation is 2. The molecule has 1 aromatic heterocycles. The van der Waals surface area contributed by atoms with Crippen LogP contribution in [0.1, 0.15) is 30.1 Å². The van der Waals surface area contributed by atoms with E-state index in [0.717, 1.165) is 24.1 Å². The van der Waals surface area contributed by atoms with E-state index in [1.165, 1.54) is 16.4 Å². The standard InChI is InChI=1S/C19H21ClN2O4S/c1-12-3-6-17(9-18(12)20)27(24,25)21-10-16(11-21)26-15-7-13(2)22(14-4-5-14)19(23)8-15/h3,6-9,14,16H,4-5,10-11H2,1-2H3. The number of sulfonamides is 1. The van der Waals surface area contributed by atoms with Crippen LogP contribution in [0.25, 0.3) is 0 Å². The van der Waals surface area contributed by atoms with Crippen molar-refractivity contribution in [2.45, 2.75) is 43.7 Å². The topological polar surface area (TPSA) is 68.6 Å². The summed E-state index contributed by atoms with van der Waals surface area (Å²) in [5.74, 6) is 0.495. The monoisotopic (exact) mass is 408 g/mol. The Labute approximate surface area is 163 Å². The smallest absolute Gasteiger partial charge is 0.254 e. The van der Waals surface area contributed by atoms with Crippen LogP contribution in [0.2, 0.25) is 5.02 Å². The molecule has 1 aromatic carbocycles. The van der Waals surface area contributed by atoms with E-state index in [2.05, 4.69) is 0 Å². The van der Waals surface area contributed by atoms with Gasteiger partial charge in [-0.25, -0.2) is 8.42 Å². The van der Waals surface area contributed by atoms with Gasteiger partial charge in [-0.05, 0) is 50.5 Å². The van der Waals surface area contributed by atoms with E-state index in [-0.39, 0.29) is 29.6 Å². The lowest BCUT2D eigenvalue weighted by Crippen LogP contribution is -2.56. The molecule has 27 heavy (non-hydrogen) atoms. The Hall–Kier alpha value is -1.83. The number of benzene rings is 1. The van der Waals surface area contributed by atoms with Crippen molar-refractivity contribution in [2.75, 3.05) is 13.1 Å². The van der Waals surface area contributed by atoms with Crippen molar-refractivity contribution < 1.29 is 13.2 Å². The van der Waals surface area contributed by atoms with Crippen molar-refractivity contribution in [3.63, 3.8) is 0 Å². The van der Waals surface area contributed by atoms with Gasteiger partial charge < -0.3 is 9.30 Å². The molecule has 0 amide bonds. The largest absolute Gasteiger partial charge is 0.487 e. The number of ether oxygens (including phenoxy) is 1. The average Bonchev–Trinajstić information content (AvgIpc) is 3.37. The zero-order valence-electron chi connectivity index (χ0n) is 15.2. The molecule has 1 saturated carbocycles. The van der Waals surface area contributed by atoms with Crippen LogP contribution >= 0.6 is 11.6 Å². The van der Waals surface area contributed by atoms with Crippen LogP contribution < -0.4 is 10.3 Å². The van der Waals surface area contributed by atoms with Crippen molar-refractivity contribution in [1.82, 2.24) is 8.87 Å². The number of hydrogen-bond donors (Lipinski definition) is 0. The number of hydrogen-bond acceptors (Lipinski definition) is 4. The molecule has 2 heterocycles. The summed E-state index contributed by atoms with van der Waals surface area (Å²) in [6.07, 6.45) is 1.81. The maximum Gasteiger partial charge on any atom is 0.254 e. The second-order valence-electron chi connectivity index (χ2n) is 7.24. The van der Waals surface area contributed by atoms with Gasteiger partial charge >= 0.3 is 0 Å². The number of nitrogens with zero attached hydrogens (tertiary/aromatic N) is 2. The number of halogens is 1. The fourth-order valence-corrected chi connectivity index (χ4v) is 5.07. The second kappa shape index (κ2) is 6.65. The summed E-state index contributed by atoms with van der Waals surface area (Å²) in [6, 6.07) is 8.38. The fraction of sp³-hybridized carbons (Fsp3) is 0.421. The molecule has 0 N–H and O–H groups in total. The first-order chi connectivity index (χ1) is 12.8. The lowest BCUT2D eigenvalue weighted by Gasteiger charge is -2.37. The molecular formula is C19H21ClN2O4S. The summed E-state index contributed by atoms with van der Waals surface area (Å²) in [4.78, 5) is 12.4. The van der Waals surface area contributed by atoms with Crippen molar-refractivity contribution in [3.05, 3.63) is 57.0 Å². The molecule has 0 radical (unpaired) electrons. The predicted octanol–water partition coefficient (Wildman–Crippen LogP) is 2.91. The lowest BCUT2D eigenvalue weighted by atomic mass is 10.2. The van der Waals surface area contributed by atoms with E-state index in [4.69, 9.17) is 16.3 Å². The number of rotatable bonds is 5. The van der Waals surface area contributed by atoms with Gasteiger partial charge in [0.25, 0.3) is 5.56 Å². The lowest BCUT2D eigenvalue weighted by molar-refractivity contribution is 0.0758. The Kier molecular flexibility index (Phi) is 4.56. The van der Waals surface area contributed by atoms with Gasteiger partial charge in [-0.2, -0.15) is 4.31 Å². The molecule has 0 bridgehead atoms. The molecule has 6 nitrogen and oxygen atoms in total. The fourth-order valence-electron chi connectivity index (χ4n) is 3.30. The van der Waals surface area contributed by atoms with Crippen LogP contribution in [0.5, 0.6) is 5.75 Å². The zero-order chi connectivity index (χ0) is 19.3. The third kappa shape index (κ3) is 3.51. The normalized spacial score (nSPS) is 18.3. The maximum absolute atomic E-state index is 12.7. The Morgan fingerprint density at radius 1 is 1.11 bits per heavy atom. The van der Waals surface area contributed by atoms with Crippen LogP contribution in [0.4, 0.5) is 0 Å². The van der Waals surface area contributed by atoms with E-state index < -0.39 is 10.0 Å². The van der Waals surface area contributed by atoms with Gasteiger partial charge in [0.05, 0.1) is 18.0 Å². The third-order valence-electron chi connectivity index (χ3n) is 5.04. The molecule has 0 spiro atoms. The van der Waals surface area contributed by atoms with Gasteiger partial charge in [0.2, 0.25) is 10.0 Å². The van der Waals surface area contributed by atoms with Gasteiger partial charge in [0, 0.05) is 22.8 Å². The van der Waals surface area contributed by atoms with Gasteiger partial charge in [0.1, 0.15) is 11.9 Å². The molecule has 144 valence electrons. The highest BCUT2D eigenvalue weighted by Gasteiger charge is 2.38. The van der Waals surface area contributed by atoms with Gasteiger partial charge in [-0.3, -0.25) is 4.79 Å². The molecule has 0 unspecified atom stereocenters. The molecule has 1 aliphatic heterocycles. The molecule has 0 atom stereocenters. The quantitative estimate of drug-likeness (QED) is 0.762. The van der Waals surface area contributed by atoms with Gasteiger partial charge in [0.15, 0.2) is 0 Å². The Morgan fingerprint density at radius 2 is 1.81 bits per heavy atom. The number of aromatic nitrogens is 1. The van der Waals surface area contributed by atoms with Crippen molar-refractivity contribution in [3.8, 4) is 5.75 Å². The highest BCUT2D eigenvalue weighted by molar-refractivity contribution is 7.89. The molecule has 2 fully saturated rings. The van der Waals surface area contributed by atoms with Gasteiger partial charge in [-0.1, -0.05) is 17.7 Å². The molecule has 4 rings (SSSR count). The first kappa shape index (κ1) is 18.5. The van der Waals surface area contributed by atoms with Crippen molar-refractivity contribution >= 4 is 21.6 Å².